The first-order chi connectivity index (χ1) is 12.0. The van der Waals surface area contributed by atoms with Gasteiger partial charge >= 0.3 is 0 Å². The van der Waals surface area contributed by atoms with E-state index in [-0.39, 0.29) is 0 Å². The number of rotatable bonds is 2. The number of aromatic nitrogens is 1. The Hall–Kier alpha value is -2.80. The lowest BCUT2D eigenvalue weighted by molar-refractivity contribution is 1.35. The monoisotopic (exact) mass is 325 g/mol. The minimum atomic E-state index is 1.19. The Morgan fingerprint density at radius 3 is 1.72 bits per heavy atom. The SMILES string of the molecule is Cc1cc(C)cc(-c2[nH]c3ccccc3c2-c2cc(C)cc(C)c2)c1. The number of benzene rings is 3. The van der Waals surface area contributed by atoms with E-state index < -0.39 is 0 Å². The van der Waals surface area contributed by atoms with Crippen LogP contribution in [0.5, 0.6) is 0 Å². The van der Waals surface area contributed by atoms with Crippen LogP contribution in [0.15, 0.2) is 60.7 Å². The van der Waals surface area contributed by atoms with Gasteiger partial charge < -0.3 is 4.98 Å². The van der Waals surface area contributed by atoms with Crippen LogP contribution in [0.25, 0.3) is 33.3 Å². The second-order valence-electron chi connectivity index (χ2n) is 7.17. The van der Waals surface area contributed by atoms with E-state index in [1.54, 1.807) is 0 Å². The van der Waals surface area contributed by atoms with E-state index in [0.29, 0.717) is 0 Å². The molecule has 0 fully saturated rings. The van der Waals surface area contributed by atoms with Crippen LogP contribution < -0.4 is 0 Å². The molecule has 0 unspecified atom stereocenters. The Bertz CT molecular complexity index is 1040. The molecule has 1 heteroatoms. The Morgan fingerprint density at radius 2 is 1.12 bits per heavy atom. The molecule has 0 atom stereocenters. The van der Waals surface area contributed by atoms with E-state index in [9.17, 15) is 0 Å². The van der Waals surface area contributed by atoms with Gasteiger partial charge in [-0.25, -0.2) is 0 Å². The predicted molar refractivity (Wildman–Crippen MR) is 108 cm³/mol. The quantitative estimate of drug-likeness (QED) is 0.420. The molecule has 0 bridgehead atoms. The van der Waals surface area contributed by atoms with Crippen LogP contribution in [-0.2, 0) is 0 Å². The summed E-state index contributed by atoms with van der Waals surface area (Å²) in [6.07, 6.45) is 0. The Balaban J connectivity index is 2.08. The highest BCUT2D eigenvalue weighted by Gasteiger charge is 2.15. The van der Waals surface area contributed by atoms with Crippen molar-refractivity contribution in [1.82, 2.24) is 4.98 Å². The van der Waals surface area contributed by atoms with Gasteiger partial charge in [-0.2, -0.15) is 0 Å². The van der Waals surface area contributed by atoms with Gasteiger partial charge in [0, 0.05) is 16.5 Å². The fourth-order valence-electron chi connectivity index (χ4n) is 3.90. The predicted octanol–water partition coefficient (Wildman–Crippen LogP) is 6.74. The molecule has 3 aromatic carbocycles. The van der Waals surface area contributed by atoms with Gasteiger partial charge in [0.05, 0.1) is 5.69 Å². The number of hydrogen-bond donors (Lipinski definition) is 1. The van der Waals surface area contributed by atoms with Gasteiger partial charge in [-0.15, -0.1) is 0 Å². The largest absolute Gasteiger partial charge is 0.354 e. The zero-order valence-corrected chi connectivity index (χ0v) is 15.3. The number of fused-ring (bicyclic) bond motifs is 1. The minimum Gasteiger partial charge on any atom is -0.354 e. The maximum absolute atomic E-state index is 3.67. The highest BCUT2D eigenvalue weighted by atomic mass is 14.7. The second-order valence-corrected chi connectivity index (χ2v) is 7.17. The van der Waals surface area contributed by atoms with Crippen LogP contribution in [-0.4, -0.2) is 4.98 Å². The summed E-state index contributed by atoms with van der Waals surface area (Å²) >= 11 is 0. The van der Waals surface area contributed by atoms with Crippen molar-refractivity contribution in [2.75, 3.05) is 0 Å². The van der Waals surface area contributed by atoms with E-state index in [4.69, 9.17) is 0 Å². The number of nitrogens with one attached hydrogen (secondary N) is 1. The van der Waals surface area contributed by atoms with Gasteiger partial charge in [0.15, 0.2) is 0 Å². The Labute approximate surface area is 149 Å². The number of para-hydroxylation sites is 1. The summed E-state index contributed by atoms with van der Waals surface area (Å²) in [6.45, 7) is 8.66. The zero-order valence-electron chi connectivity index (χ0n) is 15.3. The summed E-state index contributed by atoms with van der Waals surface area (Å²) in [5, 5.41) is 1.28. The molecule has 0 spiro atoms. The van der Waals surface area contributed by atoms with E-state index in [0.717, 1.165) is 0 Å². The summed E-state index contributed by atoms with van der Waals surface area (Å²) in [5.74, 6) is 0. The Kier molecular flexibility index (Phi) is 3.73. The van der Waals surface area contributed by atoms with Crippen molar-refractivity contribution in [3.05, 3.63) is 82.9 Å². The average molecular weight is 325 g/mol. The molecular weight excluding hydrogens is 302 g/mol. The summed E-state index contributed by atoms with van der Waals surface area (Å²) in [5.41, 5.74) is 11.4. The first-order valence-electron chi connectivity index (χ1n) is 8.79. The van der Waals surface area contributed by atoms with Crippen molar-refractivity contribution < 1.29 is 0 Å². The molecule has 1 nitrogen and oxygen atoms in total. The normalized spacial score (nSPS) is 11.2. The molecule has 25 heavy (non-hydrogen) atoms. The van der Waals surface area contributed by atoms with Crippen LogP contribution in [0.2, 0.25) is 0 Å². The van der Waals surface area contributed by atoms with E-state index >= 15 is 0 Å². The summed E-state index contributed by atoms with van der Waals surface area (Å²) in [7, 11) is 0. The summed E-state index contributed by atoms with van der Waals surface area (Å²) in [6, 6.07) is 22.1. The maximum Gasteiger partial charge on any atom is 0.0544 e. The van der Waals surface area contributed by atoms with Crippen LogP contribution in [0.3, 0.4) is 0 Å². The molecule has 0 aliphatic rings. The minimum absolute atomic E-state index is 1.19. The van der Waals surface area contributed by atoms with Crippen molar-refractivity contribution in [2.24, 2.45) is 0 Å². The van der Waals surface area contributed by atoms with Crippen LogP contribution in [0, 0.1) is 27.7 Å². The summed E-state index contributed by atoms with van der Waals surface area (Å²) < 4.78 is 0. The number of aryl methyl sites for hydroxylation is 4. The molecule has 1 heterocycles. The molecule has 0 saturated carbocycles. The number of aromatic amines is 1. The van der Waals surface area contributed by atoms with Gasteiger partial charge in [0.2, 0.25) is 0 Å². The molecular formula is C24H23N. The molecule has 0 radical (unpaired) electrons. The maximum atomic E-state index is 3.67. The first kappa shape index (κ1) is 15.7. The second kappa shape index (κ2) is 5.93. The van der Waals surface area contributed by atoms with Crippen LogP contribution in [0.1, 0.15) is 22.3 Å². The van der Waals surface area contributed by atoms with Gasteiger partial charge in [0.25, 0.3) is 0 Å². The molecule has 4 rings (SSSR count). The van der Waals surface area contributed by atoms with E-state index in [1.165, 1.54) is 55.5 Å². The van der Waals surface area contributed by atoms with Gasteiger partial charge in [-0.3, -0.25) is 0 Å². The summed E-state index contributed by atoms with van der Waals surface area (Å²) in [4.78, 5) is 3.67. The molecule has 1 aromatic heterocycles. The highest BCUT2D eigenvalue weighted by Crippen LogP contribution is 2.39. The molecule has 0 aliphatic carbocycles. The van der Waals surface area contributed by atoms with Gasteiger partial charge in [0.1, 0.15) is 0 Å². The lowest BCUT2D eigenvalue weighted by atomic mass is 9.94. The third-order valence-corrected chi connectivity index (χ3v) is 4.73. The van der Waals surface area contributed by atoms with Gasteiger partial charge in [-0.1, -0.05) is 64.7 Å². The van der Waals surface area contributed by atoms with Crippen molar-refractivity contribution in [3.63, 3.8) is 0 Å². The molecule has 0 aliphatic heterocycles. The van der Waals surface area contributed by atoms with Crippen molar-refractivity contribution in [3.8, 4) is 22.4 Å². The smallest absolute Gasteiger partial charge is 0.0544 e. The van der Waals surface area contributed by atoms with Gasteiger partial charge in [-0.05, 0) is 57.0 Å². The molecule has 1 N–H and O–H groups in total. The van der Waals surface area contributed by atoms with Crippen LogP contribution in [0.4, 0.5) is 0 Å². The third kappa shape index (κ3) is 2.87. The Morgan fingerprint density at radius 1 is 0.600 bits per heavy atom. The molecule has 124 valence electrons. The molecule has 4 aromatic rings. The standard InChI is InChI=1S/C24H23N/c1-15-9-16(2)12-19(11-15)23-21-7-5-6-8-22(21)25-24(23)20-13-17(3)10-18(4)14-20/h5-14,25H,1-4H3. The lowest BCUT2D eigenvalue weighted by Crippen LogP contribution is -1.88. The fourth-order valence-corrected chi connectivity index (χ4v) is 3.90. The molecule has 0 amide bonds. The fraction of sp³-hybridized carbons (Fsp3) is 0.167. The topological polar surface area (TPSA) is 15.8 Å². The molecule has 0 saturated heterocycles. The lowest BCUT2D eigenvalue weighted by Gasteiger charge is -2.10. The number of H-pyrrole nitrogens is 1. The first-order valence-corrected chi connectivity index (χ1v) is 8.79. The zero-order chi connectivity index (χ0) is 17.6. The van der Waals surface area contributed by atoms with Crippen LogP contribution >= 0.6 is 0 Å². The van der Waals surface area contributed by atoms with E-state index in [1.807, 2.05) is 0 Å². The average Bonchev–Trinajstić information content (AvgIpc) is 2.92. The van der Waals surface area contributed by atoms with Crippen molar-refractivity contribution >= 4 is 10.9 Å². The number of hydrogen-bond acceptors (Lipinski definition) is 0. The highest BCUT2D eigenvalue weighted by molar-refractivity contribution is 6.04. The third-order valence-electron chi connectivity index (χ3n) is 4.73. The van der Waals surface area contributed by atoms with Crippen molar-refractivity contribution in [2.45, 2.75) is 27.7 Å². The van der Waals surface area contributed by atoms with E-state index in [2.05, 4.69) is 93.3 Å². The van der Waals surface area contributed by atoms with Crippen molar-refractivity contribution in [1.29, 1.82) is 0 Å².